The Morgan fingerprint density at radius 3 is 2.26 bits per heavy atom. The summed E-state index contributed by atoms with van der Waals surface area (Å²) in [5.41, 5.74) is 1.56. The highest BCUT2D eigenvalue weighted by molar-refractivity contribution is 6.02. The van der Waals surface area contributed by atoms with Gasteiger partial charge in [-0.25, -0.2) is 9.59 Å². The van der Waals surface area contributed by atoms with Crippen LogP contribution in [-0.4, -0.2) is 47.6 Å². The van der Waals surface area contributed by atoms with E-state index in [2.05, 4.69) is 10.6 Å². The molecule has 186 valence electrons. The molecule has 0 saturated carbocycles. The number of hydrogen-bond donors (Lipinski definition) is 2. The molecule has 2 N–H and O–H groups in total. The average molecular weight is 482 g/mol. The lowest BCUT2D eigenvalue weighted by Gasteiger charge is -2.20. The minimum atomic E-state index is -0.826. The van der Waals surface area contributed by atoms with Gasteiger partial charge in [-0.05, 0) is 50.5 Å². The summed E-state index contributed by atoms with van der Waals surface area (Å²) in [5, 5.41) is 6.56. The molecule has 35 heavy (non-hydrogen) atoms. The largest absolute Gasteiger partial charge is 0.444 e. The molecule has 9 nitrogen and oxygen atoms in total. The molecular weight excluding hydrogens is 450 g/mol. The van der Waals surface area contributed by atoms with Crippen molar-refractivity contribution in [3.63, 3.8) is 0 Å². The molecule has 0 aliphatic carbocycles. The number of carbonyl (C=O) groups excluding carboxylic acids is 4. The van der Waals surface area contributed by atoms with E-state index in [0.29, 0.717) is 35.7 Å². The van der Waals surface area contributed by atoms with Crippen LogP contribution in [0.4, 0.5) is 10.5 Å². The predicted molar refractivity (Wildman–Crippen MR) is 129 cm³/mol. The summed E-state index contributed by atoms with van der Waals surface area (Å²) in [5.74, 6) is -2.58. The summed E-state index contributed by atoms with van der Waals surface area (Å²) in [7, 11) is 0. The van der Waals surface area contributed by atoms with Crippen LogP contribution in [0.1, 0.15) is 57.1 Å². The molecule has 1 unspecified atom stereocenters. The Morgan fingerprint density at radius 2 is 1.60 bits per heavy atom. The molecule has 1 fully saturated rings. The molecule has 0 aromatic heterocycles. The van der Waals surface area contributed by atoms with E-state index in [1.807, 2.05) is 36.4 Å². The summed E-state index contributed by atoms with van der Waals surface area (Å²) in [6.07, 6.45) is 0.264. The van der Waals surface area contributed by atoms with Gasteiger partial charge >= 0.3 is 12.1 Å². The third kappa shape index (κ3) is 7.56. The Balaban J connectivity index is 1.65. The average Bonchev–Trinajstić information content (AvgIpc) is 3.11. The van der Waals surface area contributed by atoms with Crippen LogP contribution in [0.5, 0.6) is 0 Å². The monoisotopic (exact) mass is 481 g/mol. The SMILES string of the molecule is CC(C)(C)OC(=O)NCCCNc1cccc(C(C(=O)ON2C(=O)CCC2=O)c2ccccc2)c1. The number of imide groups is 1. The number of nitrogens with zero attached hydrogens (tertiary/aromatic N) is 1. The molecular formula is C26H31N3O6. The summed E-state index contributed by atoms with van der Waals surface area (Å²) >= 11 is 0. The first-order valence-corrected chi connectivity index (χ1v) is 11.6. The van der Waals surface area contributed by atoms with Gasteiger partial charge in [-0.3, -0.25) is 9.59 Å². The van der Waals surface area contributed by atoms with E-state index in [0.717, 1.165) is 5.69 Å². The van der Waals surface area contributed by atoms with Crippen molar-refractivity contribution >= 4 is 29.6 Å². The maximum Gasteiger partial charge on any atom is 0.407 e. The lowest BCUT2D eigenvalue weighted by atomic mass is 9.91. The second-order valence-corrected chi connectivity index (χ2v) is 9.17. The fourth-order valence-corrected chi connectivity index (χ4v) is 3.56. The van der Waals surface area contributed by atoms with E-state index in [-0.39, 0.29) is 12.8 Å². The van der Waals surface area contributed by atoms with E-state index in [1.165, 1.54) is 0 Å². The number of carbonyl (C=O) groups is 4. The Morgan fingerprint density at radius 1 is 0.943 bits per heavy atom. The number of amides is 3. The van der Waals surface area contributed by atoms with Crippen molar-refractivity contribution in [3.8, 4) is 0 Å². The second kappa shape index (κ2) is 11.5. The van der Waals surface area contributed by atoms with Gasteiger partial charge in [0.05, 0.1) is 0 Å². The van der Waals surface area contributed by atoms with Crippen LogP contribution in [0.3, 0.4) is 0 Å². The van der Waals surface area contributed by atoms with Crippen LogP contribution in [0.25, 0.3) is 0 Å². The topological polar surface area (TPSA) is 114 Å². The molecule has 3 rings (SSSR count). The van der Waals surface area contributed by atoms with Crippen LogP contribution in [-0.2, 0) is 24.0 Å². The highest BCUT2D eigenvalue weighted by Gasteiger charge is 2.36. The van der Waals surface area contributed by atoms with Crippen LogP contribution < -0.4 is 10.6 Å². The normalized spacial score (nSPS) is 14.4. The predicted octanol–water partition coefficient (Wildman–Crippen LogP) is 3.75. The number of rotatable bonds is 9. The zero-order chi connectivity index (χ0) is 25.4. The molecule has 3 amide bonds. The van der Waals surface area contributed by atoms with Crippen LogP contribution in [0, 0.1) is 0 Å². The van der Waals surface area contributed by atoms with Crippen molar-refractivity contribution in [1.29, 1.82) is 0 Å². The summed E-state index contributed by atoms with van der Waals surface area (Å²) in [6, 6.07) is 16.3. The number of hydroxylamine groups is 2. The van der Waals surface area contributed by atoms with Gasteiger partial charge in [-0.15, -0.1) is 5.06 Å². The molecule has 1 saturated heterocycles. The number of alkyl carbamates (subject to hydrolysis) is 1. The third-order valence-electron chi connectivity index (χ3n) is 5.13. The molecule has 1 atom stereocenters. The highest BCUT2D eigenvalue weighted by atomic mass is 16.7. The van der Waals surface area contributed by atoms with E-state index in [9.17, 15) is 19.2 Å². The van der Waals surface area contributed by atoms with Gasteiger partial charge in [0.1, 0.15) is 11.5 Å². The zero-order valence-electron chi connectivity index (χ0n) is 20.2. The Hall–Kier alpha value is -3.88. The second-order valence-electron chi connectivity index (χ2n) is 9.17. The summed E-state index contributed by atoms with van der Waals surface area (Å²) in [6.45, 7) is 6.44. The van der Waals surface area contributed by atoms with E-state index < -0.39 is 35.4 Å². The first-order valence-electron chi connectivity index (χ1n) is 11.6. The Labute approximate surface area is 204 Å². The lowest BCUT2D eigenvalue weighted by molar-refractivity contribution is -0.198. The maximum absolute atomic E-state index is 13.1. The third-order valence-corrected chi connectivity index (χ3v) is 5.13. The molecule has 0 bridgehead atoms. The molecule has 1 heterocycles. The minimum Gasteiger partial charge on any atom is -0.444 e. The standard InChI is InChI=1S/C26H31N3O6/c1-26(2,3)34-25(33)28-16-8-15-27-20-12-7-11-19(17-20)23(18-9-5-4-6-10-18)24(32)35-29-21(30)13-14-22(29)31/h4-7,9-12,17,23,27H,8,13-16H2,1-3H3,(H,28,33). The molecule has 1 aliphatic heterocycles. The number of ether oxygens (including phenoxy) is 1. The molecule has 2 aromatic rings. The number of anilines is 1. The fraction of sp³-hybridized carbons (Fsp3) is 0.385. The van der Waals surface area contributed by atoms with Gasteiger partial charge < -0.3 is 20.2 Å². The van der Waals surface area contributed by atoms with Crippen molar-refractivity contribution in [2.75, 3.05) is 18.4 Å². The van der Waals surface area contributed by atoms with E-state index in [4.69, 9.17) is 9.57 Å². The molecule has 2 aromatic carbocycles. The smallest absolute Gasteiger partial charge is 0.407 e. The van der Waals surface area contributed by atoms with Crippen LogP contribution >= 0.6 is 0 Å². The van der Waals surface area contributed by atoms with Gasteiger partial charge in [0.25, 0.3) is 11.8 Å². The van der Waals surface area contributed by atoms with Gasteiger partial charge in [0, 0.05) is 31.6 Å². The first-order chi connectivity index (χ1) is 16.6. The first kappa shape index (κ1) is 25.7. The zero-order valence-corrected chi connectivity index (χ0v) is 20.2. The van der Waals surface area contributed by atoms with Crippen molar-refractivity contribution in [3.05, 3.63) is 65.7 Å². The van der Waals surface area contributed by atoms with Crippen molar-refractivity contribution in [2.45, 2.75) is 51.6 Å². The van der Waals surface area contributed by atoms with Crippen LogP contribution in [0.15, 0.2) is 54.6 Å². The van der Waals surface area contributed by atoms with Crippen molar-refractivity contribution in [1.82, 2.24) is 10.4 Å². The molecule has 9 heteroatoms. The number of hydrogen-bond acceptors (Lipinski definition) is 7. The maximum atomic E-state index is 13.1. The summed E-state index contributed by atoms with van der Waals surface area (Å²) in [4.78, 5) is 54.0. The Bertz CT molecular complexity index is 1050. The summed E-state index contributed by atoms with van der Waals surface area (Å²) < 4.78 is 5.21. The van der Waals surface area contributed by atoms with E-state index in [1.54, 1.807) is 39.0 Å². The highest BCUT2D eigenvalue weighted by Crippen LogP contribution is 2.29. The molecule has 0 radical (unpaired) electrons. The molecule has 1 aliphatic rings. The quantitative estimate of drug-likeness (QED) is 0.414. The molecule has 0 spiro atoms. The Kier molecular flexibility index (Phi) is 8.46. The van der Waals surface area contributed by atoms with Gasteiger partial charge in [0.15, 0.2) is 0 Å². The van der Waals surface area contributed by atoms with Gasteiger partial charge in [-0.1, -0.05) is 42.5 Å². The van der Waals surface area contributed by atoms with Crippen LogP contribution in [0.2, 0.25) is 0 Å². The number of benzene rings is 2. The van der Waals surface area contributed by atoms with Gasteiger partial charge in [0.2, 0.25) is 0 Å². The lowest BCUT2D eigenvalue weighted by Crippen LogP contribution is -2.34. The number of nitrogens with one attached hydrogen (secondary N) is 2. The fourth-order valence-electron chi connectivity index (χ4n) is 3.56. The minimum absolute atomic E-state index is 0.0321. The van der Waals surface area contributed by atoms with Gasteiger partial charge in [-0.2, -0.15) is 0 Å². The van der Waals surface area contributed by atoms with Crippen molar-refractivity contribution < 1.29 is 28.8 Å². The van der Waals surface area contributed by atoms with E-state index >= 15 is 0 Å². The van der Waals surface area contributed by atoms with Crippen molar-refractivity contribution in [2.24, 2.45) is 0 Å².